The number of hydrazone groups is 1. The molecule has 1 aliphatic rings. The molecule has 2 heterocycles. The van der Waals surface area contributed by atoms with Crippen molar-refractivity contribution in [1.82, 2.24) is 14.8 Å². The van der Waals surface area contributed by atoms with E-state index in [1.165, 1.54) is 5.01 Å². The number of rotatable bonds is 6. The summed E-state index contributed by atoms with van der Waals surface area (Å²) in [7, 11) is 0. The summed E-state index contributed by atoms with van der Waals surface area (Å²) >= 11 is 6.28. The average Bonchev–Trinajstić information content (AvgIpc) is 3.25. The van der Waals surface area contributed by atoms with E-state index in [-0.39, 0.29) is 16.6 Å². The minimum atomic E-state index is -0.655. The topological polar surface area (TPSA) is 76.8 Å². The van der Waals surface area contributed by atoms with E-state index in [9.17, 15) is 9.59 Å². The number of aromatic nitrogens is 2. The highest BCUT2D eigenvalue weighted by Gasteiger charge is 2.25. The molecule has 1 amide bonds. The molecule has 7 nitrogen and oxygen atoms in total. The number of hydrogen-bond acceptors (Lipinski definition) is 5. The molecule has 0 saturated carbocycles. The van der Waals surface area contributed by atoms with Crippen LogP contribution in [-0.2, 0) is 16.1 Å². The maximum absolute atomic E-state index is 12.4. The van der Waals surface area contributed by atoms with E-state index in [4.69, 9.17) is 16.3 Å². The Morgan fingerprint density at radius 2 is 1.96 bits per heavy atom. The van der Waals surface area contributed by atoms with E-state index >= 15 is 0 Å². The number of esters is 1. The van der Waals surface area contributed by atoms with Crippen molar-refractivity contribution >= 4 is 29.2 Å². The van der Waals surface area contributed by atoms with E-state index in [0.29, 0.717) is 31.1 Å². The van der Waals surface area contributed by atoms with Crippen LogP contribution >= 0.6 is 11.6 Å². The molecule has 0 bridgehead atoms. The fourth-order valence-corrected chi connectivity index (χ4v) is 3.32. The molecule has 1 aromatic carbocycles. The molecular formula is C20H23ClN4O3. The summed E-state index contributed by atoms with van der Waals surface area (Å²) in [5.74, 6) is -0.700. The smallest absolute Gasteiger partial charge is 0.343 e. The third-order valence-corrected chi connectivity index (χ3v) is 4.72. The summed E-state index contributed by atoms with van der Waals surface area (Å²) < 4.78 is 6.77. The van der Waals surface area contributed by atoms with E-state index in [2.05, 4.69) is 10.2 Å². The van der Waals surface area contributed by atoms with E-state index in [1.54, 1.807) is 11.6 Å². The quantitative estimate of drug-likeness (QED) is 0.694. The molecule has 28 heavy (non-hydrogen) atoms. The van der Waals surface area contributed by atoms with Crippen molar-refractivity contribution < 1.29 is 14.3 Å². The normalized spacial score (nSPS) is 13.8. The molecule has 0 radical (unpaired) electrons. The summed E-state index contributed by atoms with van der Waals surface area (Å²) in [4.78, 5) is 24.8. The highest BCUT2D eigenvalue weighted by Crippen LogP contribution is 2.22. The highest BCUT2D eigenvalue weighted by atomic mass is 35.5. The molecule has 0 atom stereocenters. The number of benzene rings is 1. The fraction of sp³-hybridized carbons (Fsp3) is 0.400. The van der Waals surface area contributed by atoms with Gasteiger partial charge in [0.1, 0.15) is 10.7 Å². The van der Waals surface area contributed by atoms with Crippen LogP contribution in [0.3, 0.4) is 0 Å². The number of nitrogens with zero attached hydrogens (tertiary/aromatic N) is 4. The van der Waals surface area contributed by atoms with Crippen LogP contribution in [0, 0.1) is 12.8 Å². The predicted octanol–water partition coefficient (Wildman–Crippen LogP) is 3.29. The molecule has 0 saturated heterocycles. The third kappa shape index (κ3) is 4.42. The van der Waals surface area contributed by atoms with Crippen LogP contribution in [0.1, 0.15) is 41.9 Å². The van der Waals surface area contributed by atoms with Gasteiger partial charge in [-0.05, 0) is 18.4 Å². The van der Waals surface area contributed by atoms with Crippen molar-refractivity contribution in [3.8, 4) is 0 Å². The molecule has 1 aliphatic heterocycles. The number of ether oxygens (including phenoxy) is 1. The molecule has 1 aromatic heterocycles. The SMILES string of the molecule is Cc1nn(CC(C)C)c(Cl)c1C(=O)OCC(=O)N1CCC(c2ccccc2)=N1. The van der Waals surface area contributed by atoms with Crippen LogP contribution in [-0.4, -0.2) is 45.5 Å². The summed E-state index contributed by atoms with van der Waals surface area (Å²) in [5, 5.41) is 10.2. The zero-order chi connectivity index (χ0) is 20.3. The number of aryl methyl sites for hydroxylation is 1. The Kier molecular flexibility index (Phi) is 6.14. The maximum atomic E-state index is 12.4. The van der Waals surface area contributed by atoms with Crippen molar-refractivity contribution in [2.45, 2.75) is 33.7 Å². The van der Waals surface area contributed by atoms with Crippen LogP contribution in [0.2, 0.25) is 5.15 Å². The summed E-state index contributed by atoms with van der Waals surface area (Å²) in [5.41, 5.74) is 2.50. The van der Waals surface area contributed by atoms with Crippen LogP contribution in [0.25, 0.3) is 0 Å². The van der Waals surface area contributed by atoms with Crippen molar-refractivity contribution in [2.24, 2.45) is 11.0 Å². The standard InChI is InChI=1S/C20H23ClN4O3/c1-13(2)11-25-19(21)18(14(3)22-25)20(27)28-12-17(26)24-10-9-16(23-24)15-7-5-4-6-8-15/h4-8,13H,9-12H2,1-3H3. The Labute approximate surface area is 168 Å². The second kappa shape index (κ2) is 8.56. The lowest BCUT2D eigenvalue weighted by molar-refractivity contribution is -0.134. The van der Waals surface area contributed by atoms with Crippen LogP contribution < -0.4 is 0 Å². The van der Waals surface area contributed by atoms with Gasteiger partial charge in [-0.1, -0.05) is 55.8 Å². The Bertz CT molecular complexity index is 906. The van der Waals surface area contributed by atoms with Gasteiger partial charge in [0.05, 0.1) is 18.0 Å². The lowest BCUT2D eigenvalue weighted by Crippen LogP contribution is -2.28. The molecule has 0 spiro atoms. The van der Waals surface area contributed by atoms with Crippen molar-refractivity contribution in [2.75, 3.05) is 13.2 Å². The van der Waals surface area contributed by atoms with Crippen molar-refractivity contribution in [1.29, 1.82) is 0 Å². The largest absolute Gasteiger partial charge is 0.452 e. The minimum absolute atomic E-state index is 0.199. The van der Waals surface area contributed by atoms with Crippen LogP contribution in [0.15, 0.2) is 35.4 Å². The summed E-state index contributed by atoms with van der Waals surface area (Å²) in [6.07, 6.45) is 0.663. The predicted molar refractivity (Wildman–Crippen MR) is 106 cm³/mol. The molecule has 0 unspecified atom stereocenters. The van der Waals surface area contributed by atoms with E-state index in [0.717, 1.165) is 11.3 Å². The Hall–Kier alpha value is -2.67. The van der Waals surface area contributed by atoms with Gasteiger partial charge in [0, 0.05) is 13.0 Å². The van der Waals surface area contributed by atoms with Gasteiger partial charge in [0.2, 0.25) is 0 Å². The average molecular weight is 403 g/mol. The van der Waals surface area contributed by atoms with E-state index in [1.807, 2.05) is 44.2 Å². The van der Waals surface area contributed by atoms with Crippen LogP contribution in [0.4, 0.5) is 0 Å². The number of amides is 1. The first-order chi connectivity index (χ1) is 13.4. The van der Waals surface area contributed by atoms with Crippen molar-refractivity contribution in [3.05, 3.63) is 52.3 Å². The van der Waals surface area contributed by atoms with Gasteiger partial charge < -0.3 is 4.74 Å². The summed E-state index contributed by atoms with van der Waals surface area (Å²) in [6, 6.07) is 9.68. The summed E-state index contributed by atoms with van der Waals surface area (Å²) in [6.45, 7) is 6.42. The first-order valence-corrected chi connectivity index (χ1v) is 9.58. The number of carbonyl (C=O) groups excluding carboxylic acids is 2. The van der Waals surface area contributed by atoms with Crippen molar-refractivity contribution in [3.63, 3.8) is 0 Å². The zero-order valence-electron chi connectivity index (χ0n) is 16.2. The second-order valence-corrected chi connectivity index (χ2v) is 7.44. The molecule has 8 heteroatoms. The molecule has 0 N–H and O–H groups in total. The van der Waals surface area contributed by atoms with Crippen LogP contribution in [0.5, 0.6) is 0 Å². The maximum Gasteiger partial charge on any atom is 0.343 e. The highest BCUT2D eigenvalue weighted by molar-refractivity contribution is 6.32. The monoisotopic (exact) mass is 402 g/mol. The number of hydrogen-bond donors (Lipinski definition) is 0. The first kappa shape index (κ1) is 20.1. The molecule has 0 aliphatic carbocycles. The first-order valence-electron chi connectivity index (χ1n) is 9.20. The Balaban J connectivity index is 1.62. The van der Waals surface area contributed by atoms with Gasteiger partial charge in [0.25, 0.3) is 5.91 Å². The third-order valence-electron chi connectivity index (χ3n) is 4.33. The Morgan fingerprint density at radius 3 is 2.64 bits per heavy atom. The van der Waals surface area contributed by atoms with Gasteiger partial charge in [-0.15, -0.1) is 0 Å². The second-order valence-electron chi connectivity index (χ2n) is 7.08. The van der Waals surface area contributed by atoms with Gasteiger partial charge >= 0.3 is 5.97 Å². The minimum Gasteiger partial charge on any atom is -0.452 e. The molecule has 3 rings (SSSR count). The van der Waals surface area contributed by atoms with E-state index < -0.39 is 12.6 Å². The lowest BCUT2D eigenvalue weighted by atomic mass is 10.1. The molecule has 2 aromatic rings. The number of halogens is 1. The fourth-order valence-electron chi connectivity index (χ4n) is 3.00. The molecule has 0 fully saturated rings. The van der Waals surface area contributed by atoms with Gasteiger partial charge in [-0.3, -0.25) is 9.48 Å². The lowest BCUT2D eigenvalue weighted by Gasteiger charge is -2.11. The molecule has 148 valence electrons. The van der Waals surface area contributed by atoms with Gasteiger partial charge in [-0.25, -0.2) is 9.80 Å². The molecular weight excluding hydrogens is 380 g/mol. The van der Waals surface area contributed by atoms with Gasteiger partial charge in [0.15, 0.2) is 6.61 Å². The Morgan fingerprint density at radius 1 is 1.25 bits per heavy atom. The van der Waals surface area contributed by atoms with Gasteiger partial charge in [-0.2, -0.15) is 10.2 Å². The number of carbonyl (C=O) groups is 2. The zero-order valence-corrected chi connectivity index (χ0v) is 16.9.